The van der Waals surface area contributed by atoms with E-state index in [0.717, 1.165) is 44.9 Å². The Kier molecular flexibility index (Phi) is 4.76. The van der Waals surface area contributed by atoms with Gasteiger partial charge in [0.25, 0.3) is 0 Å². The van der Waals surface area contributed by atoms with E-state index in [1.54, 1.807) is 7.11 Å². The zero-order valence-electron chi connectivity index (χ0n) is 13.2. The van der Waals surface area contributed by atoms with Crippen molar-refractivity contribution in [1.29, 1.82) is 5.26 Å². The first-order chi connectivity index (χ1) is 9.49. The molecule has 114 valence electrons. The number of hydrogen-bond donors (Lipinski definition) is 1. The van der Waals surface area contributed by atoms with Crippen LogP contribution < -0.4 is 0 Å². The molecule has 0 heterocycles. The fourth-order valence-electron chi connectivity index (χ4n) is 4.43. The van der Waals surface area contributed by atoms with Crippen LogP contribution in [0.4, 0.5) is 0 Å². The molecule has 0 saturated heterocycles. The van der Waals surface area contributed by atoms with Gasteiger partial charge >= 0.3 is 0 Å². The average molecular weight is 279 g/mol. The second-order valence-electron chi connectivity index (χ2n) is 7.17. The smallest absolute Gasteiger partial charge is 0.109 e. The molecule has 2 rings (SSSR count). The van der Waals surface area contributed by atoms with Crippen molar-refractivity contribution in [3.63, 3.8) is 0 Å². The van der Waals surface area contributed by atoms with Crippen LogP contribution in [0.3, 0.4) is 0 Å². The lowest BCUT2D eigenvalue weighted by Crippen LogP contribution is -2.59. The molecule has 2 saturated carbocycles. The third-order valence-electron chi connectivity index (χ3n) is 5.96. The third kappa shape index (κ3) is 2.49. The quantitative estimate of drug-likeness (QED) is 0.857. The highest BCUT2D eigenvalue weighted by Crippen LogP contribution is 2.53. The van der Waals surface area contributed by atoms with Gasteiger partial charge < -0.3 is 9.84 Å². The molecule has 2 fully saturated rings. The van der Waals surface area contributed by atoms with Crippen molar-refractivity contribution >= 4 is 0 Å². The summed E-state index contributed by atoms with van der Waals surface area (Å²) >= 11 is 0. The number of rotatable bonds is 3. The minimum atomic E-state index is -0.948. The average Bonchev–Trinajstić information content (AvgIpc) is 2.47. The SMILES string of the molecule is COC1CCCCC1(O)C1(C#N)CCC(C(C)C)CC1. The predicted molar refractivity (Wildman–Crippen MR) is 79.1 cm³/mol. The van der Waals surface area contributed by atoms with Crippen molar-refractivity contribution in [2.24, 2.45) is 17.3 Å². The van der Waals surface area contributed by atoms with Gasteiger partial charge in [-0.15, -0.1) is 0 Å². The number of nitriles is 1. The van der Waals surface area contributed by atoms with Crippen LogP contribution in [0.25, 0.3) is 0 Å². The van der Waals surface area contributed by atoms with Crippen LogP contribution in [0.1, 0.15) is 65.2 Å². The summed E-state index contributed by atoms with van der Waals surface area (Å²) in [5.74, 6) is 1.37. The van der Waals surface area contributed by atoms with Gasteiger partial charge in [-0.25, -0.2) is 0 Å². The van der Waals surface area contributed by atoms with Gasteiger partial charge in [0.1, 0.15) is 5.60 Å². The van der Waals surface area contributed by atoms with Crippen LogP contribution in [0.2, 0.25) is 0 Å². The molecule has 2 atom stereocenters. The van der Waals surface area contributed by atoms with Crippen LogP contribution in [0, 0.1) is 28.6 Å². The summed E-state index contributed by atoms with van der Waals surface area (Å²) in [7, 11) is 1.67. The maximum Gasteiger partial charge on any atom is 0.109 e. The topological polar surface area (TPSA) is 53.2 Å². The normalized spacial score (nSPS) is 42.4. The number of hydrogen-bond acceptors (Lipinski definition) is 3. The van der Waals surface area contributed by atoms with Crippen molar-refractivity contribution in [2.75, 3.05) is 7.11 Å². The van der Waals surface area contributed by atoms with Gasteiger partial charge in [0.2, 0.25) is 0 Å². The maximum absolute atomic E-state index is 11.3. The van der Waals surface area contributed by atoms with E-state index in [9.17, 15) is 10.4 Å². The molecule has 1 N–H and O–H groups in total. The lowest BCUT2D eigenvalue weighted by molar-refractivity contribution is -0.182. The van der Waals surface area contributed by atoms with Crippen molar-refractivity contribution in [1.82, 2.24) is 0 Å². The summed E-state index contributed by atoms with van der Waals surface area (Å²) < 4.78 is 5.56. The molecule has 0 aromatic heterocycles. The number of nitrogens with zero attached hydrogens (tertiary/aromatic N) is 1. The Bertz CT molecular complexity index is 366. The molecule has 0 bridgehead atoms. The van der Waals surface area contributed by atoms with E-state index >= 15 is 0 Å². The highest BCUT2D eigenvalue weighted by molar-refractivity contribution is 5.16. The molecule has 20 heavy (non-hydrogen) atoms. The van der Waals surface area contributed by atoms with Crippen molar-refractivity contribution in [2.45, 2.75) is 76.9 Å². The summed E-state index contributed by atoms with van der Waals surface area (Å²) in [5.41, 5.74) is -1.55. The fourth-order valence-corrected chi connectivity index (χ4v) is 4.43. The monoisotopic (exact) mass is 279 g/mol. The van der Waals surface area contributed by atoms with E-state index in [-0.39, 0.29) is 6.10 Å². The molecule has 0 amide bonds. The Morgan fingerprint density at radius 2 is 1.80 bits per heavy atom. The molecule has 2 aliphatic carbocycles. The first kappa shape index (κ1) is 15.8. The first-order valence-electron chi connectivity index (χ1n) is 8.15. The predicted octanol–water partition coefficient (Wildman–Crippen LogP) is 3.66. The van der Waals surface area contributed by atoms with Crippen LogP contribution in [0.5, 0.6) is 0 Å². The molecule has 0 radical (unpaired) electrons. The zero-order valence-corrected chi connectivity index (χ0v) is 13.2. The molecular formula is C17H29NO2. The summed E-state index contributed by atoms with van der Waals surface area (Å²) in [6.45, 7) is 4.52. The van der Waals surface area contributed by atoms with E-state index in [4.69, 9.17) is 4.74 Å². The summed E-state index contributed by atoms with van der Waals surface area (Å²) in [6.07, 6.45) is 7.28. The summed E-state index contributed by atoms with van der Waals surface area (Å²) in [6, 6.07) is 2.52. The standard InChI is InChI=1S/C17H29NO2/c1-13(2)14-7-10-16(12-18,11-8-14)17(19)9-5-4-6-15(17)20-3/h13-15,19H,4-11H2,1-3H3. The Labute approximate surface area is 123 Å². The van der Waals surface area contributed by atoms with Crippen LogP contribution >= 0.6 is 0 Å². The second kappa shape index (κ2) is 6.03. The van der Waals surface area contributed by atoms with Gasteiger partial charge in [0, 0.05) is 7.11 Å². The minimum Gasteiger partial charge on any atom is -0.386 e. The Balaban J connectivity index is 2.21. The summed E-state index contributed by atoms with van der Waals surface area (Å²) in [4.78, 5) is 0. The highest BCUT2D eigenvalue weighted by atomic mass is 16.5. The van der Waals surface area contributed by atoms with Gasteiger partial charge in [0.15, 0.2) is 0 Å². The van der Waals surface area contributed by atoms with E-state index in [1.165, 1.54) is 0 Å². The third-order valence-corrected chi connectivity index (χ3v) is 5.96. The highest BCUT2D eigenvalue weighted by Gasteiger charge is 2.57. The van der Waals surface area contributed by atoms with E-state index in [1.807, 2.05) is 0 Å². The summed E-state index contributed by atoms with van der Waals surface area (Å²) in [5, 5.41) is 21.1. The Morgan fingerprint density at radius 1 is 1.15 bits per heavy atom. The number of aliphatic hydroxyl groups is 1. The van der Waals surface area contributed by atoms with E-state index in [0.29, 0.717) is 18.3 Å². The molecule has 0 spiro atoms. The van der Waals surface area contributed by atoms with Gasteiger partial charge in [-0.2, -0.15) is 5.26 Å². The molecule has 0 aromatic rings. The second-order valence-corrected chi connectivity index (χ2v) is 7.17. The maximum atomic E-state index is 11.3. The van der Waals surface area contributed by atoms with E-state index < -0.39 is 11.0 Å². The van der Waals surface area contributed by atoms with Crippen molar-refractivity contribution in [3.8, 4) is 6.07 Å². The molecular weight excluding hydrogens is 250 g/mol. The molecule has 0 aromatic carbocycles. The van der Waals surface area contributed by atoms with Crippen molar-refractivity contribution in [3.05, 3.63) is 0 Å². The first-order valence-corrected chi connectivity index (χ1v) is 8.15. The van der Waals surface area contributed by atoms with Gasteiger partial charge in [-0.05, 0) is 50.4 Å². The fraction of sp³-hybridized carbons (Fsp3) is 0.941. The minimum absolute atomic E-state index is 0.175. The molecule has 2 aliphatic rings. The van der Waals surface area contributed by atoms with E-state index in [2.05, 4.69) is 19.9 Å². The van der Waals surface area contributed by atoms with Crippen LogP contribution in [-0.2, 0) is 4.74 Å². The Hall–Kier alpha value is -0.590. The molecule has 3 nitrogen and oxygen atoms in total. The zero-order chi connectivity index (χ0) is 14.8. The lowest BCUT2D eigenvalue weighted by atomic mass is 9.56. The largest absolute Gasteiger partial charge is 0.386 e. The molecule has 3 heteroatoms. The van der Waals surface area contributed by atoms with Crippen LogP contribution in [0.15, 0.2) is 0 Å². The number of ether oxygens (including phenoxy) is 1. The molecule has 0 aliphatic heterocycles. The number of methoxy groups -OCH3 is 1. The Morgan fingerprint density at radius 3 is 2.30 bits per heavy atom. The molecule has 2 unspecified atom stereocenters. The van der Waals surface area contributed by atoms with Crippen LogP contribution in [-0.4, -0.2) is 23.9 Å². The van der Waals surface area contributed by atoms with Gasteiger partial charge in [0.05, 0.1) is 17.6 Å². The van der Waals surface area contributed by atoms with Crippen molar-refractivity contribution < 1.29 is 9.84 Å². The lowest BCUT2D eigenvalue weighted by Gasteiger charge is -2.52. The van der Waals surface area contributed by atoms with Gasteiger partial charge in [-0.3, -0.25) is 0 Å². The van der Waals surface area contributed by atoms with Gasteiger partial charge in [-0.1, -0.05) is 26.7 Å².